The molecule has 3 nitrogen and oxygen atoms in total. The number of hydrogen-bond donors (Lipinski definition) is 1. The predicted molar refractivity (Wildman–Crippen MR) is 90.9 cm³/mol. The molecular weight excluding hydrogens is 310 g/mol. The maximum absolute atomic E-state index is 12.6. The first-order valence-corrected chi connectivity index (χ1v) is 9.06. The average Bonchev–Trinajstić information content (AvgIpc) is 2.52. The van der Waals surface area contributed by atoms with Crippen molar-refractivity contribution in [1.29, 1.82) is 0 Å². The van der Waals surface area contributed by atoms with Crippen LogP contribution >= 0.6 is 11.6 Å². The molecule has 1 N–H and O–H groups in total. The van der Waals surface area contributed by atoms with Crippen LogP contribution in [0.1, 0.15) is 48.9 Å². The summed E-state index contributed by atoms with van der Waals surface area (Å²) in [7, 11) is 1.60. The molecule has 4 aliphatic rings. The zero-order valence-corrected chi connectivity index (χ0v) is 14.4. The fraction of sp³-hybridized carbons (Fsp3) is 0.632. The molecule has 0 unspecified atom stereocenters. The van der Waals surface area contributed by atoms with Gasteiger partial charge in [-0.2, -0.15) is 0 Å². The second kappa shape index (κ2) is 5.70. The van der Waals surface area contributed by atoms with Crippen LogP contribution in [0, 0.1) is 23.2 Å². The highest BCUT2D eigenvalue weighted by molar-refractivity contribution is 6.33. The Hall–Kier alpha value is -1.22. The monoisotopic (exact) mass is 333 g/mol. The first-order valence-electron chi connectivity index (χ1n) is 8.69. The van der Waals surface area contributed by atoms with Crippen LogP contribution in [0.15, 0.2) is 18.2 Å². The molecule has 124 valence electrons. The van der Waals surface area contributed by atoms with Crippen LogP contribution in [0.25, 0.3) is 0 Å². The van der Waals surface area contributed by atoms with Gasteiger partial charge >= 0.3 is 0 Å². The first-order chi connectivity index (χ1) is 11.1. The van der Waals surface area contributed by atoms with E-state index in [-0.39, 0.29) is 5.91 Å². The van der Waals surface area contributed by atoms with E-state index in [1.165, 1.54) is 38.5 Å². The second-order valence-electron chi connectivity index (χ2n) is 7.95. The molecule has 4 aliphatic carbocycles. The van der Waals surface area contributed by atoms with Gasteiger partial charge in [0.25, 0.3) is 5.91 Å². The summed E-state index contributed by atoms with van der Waals surface area (Å²) >= 11 is 6.19. The van der Waals surface area contributed by atoms with Crippen LogP contribution in [0.2, 0.25) is 5.02 Å². The molecule has 4 bridgehead atoms. The lowest BCUT2D eigenvalue weighted by Crippen LogP contribution is -2.51. The van der Waals surface area contributed by atoms with Crippen molar-refractivity contribution in [2.24, 2.45) is 23.2 Å². The summed E-state index contributed by atoms with van der Waals surface area (Å²) in [5.41, 5.74) is 0.853. The number of benzene rings is 1. The summed E-state index contributed by atoms with van der Waals surface area (Å²) in [6, 6.07) is 5.22. The minimum absolute atomic E-state index is 0.0790. The fourth-order valence-electron chi connectivity index (χ4n) is 5.67. The summed E-state index contributed by atoms with van der Waals surface area (Å²) in [5, 5.41) is 3.65. The van der Waals surface area contributed by atoms with Crippen LogP contribution in [0.5, 0.6) is 5.75 Å². The number of methoxy groups -OCH3 is 1. The van der Waals surface area contributed by atoms with Crippen molar-refractivity contribution < 1.29 is 9.53 Å². The van der Waals surface area contributed by atoms with Gasteiger partial charge in [0.1, 0.15) is 5.75 Å². The van der Waals surface area contributed by atoms with Crippen molar-refractivity contribution in [3.63, 3.8) is 0 Å². The molecule has 5 rings (SSSR count). The Labute approximate surface area is 142 Å². The fourth-order valence-corrected chi connectivity index (χ4v) is 5.88. The zero-order chi connectivity index (χ0) is 16.0. The van der Waals surface area contributed by atoms with Gasteiger partial charge in [0.15, 0.2) is 0 Å². The van der Waals surface area contributed by atoms with E-state index in [0.717, 1.165) is 24.3 Å². The van der Waals surface area contributed by atoms with Gasteiger partial charge in [-0.25, -0.2) is 0 Å². The van der Waals surface area contributed by atoms with Gasteiger partial charge in [0.2, 0.25) is 0 Å². The number of carbonyl (C=O) groups excluding carboxylic acids is 1. The summed E-state index contributed by atoms with van der Waals surface area (Å²) < 4.78 is 5.20. The molecule has 0 spiro atoms. The number of halogens is 1. The molecule has 1 amide bonds. The number of amides is 1. The van der Waals surface area contributed by atoms with Crippen molar-refractivity contribution >= 4 is 17.5 Å². The Morgan fingerprint density at radius 1 is 1.22 bits per heavy atom. The van der Waals surface area contributed by atoms with E-state index in [4.69, 9.17) is 16.3 Å². The smallest absolute Gasteiger partial charge is 0.252 e. The topological polar surface area (TPSA) is 38.3 Å². The Kier molecular flexibility index (Phi) is 3.79. The van der Waals surface area contributed by atoms with Crippen molar-refractivity contribution in [1.82, 2.24) is 5.32 Å². The minimum atomic E-state index is -0.0790. The Morgan fingerprint density at radius 2 is 1.83 bits per heavy atom. The molecule has 0 heterocycles. The van der Waals surface area contributed by atoms with Crippen LogP contribution in [-0.4, -0.2) is 19.6 Å². The standard InChI is InChI=1S/C19H24ClNO2/c1-23-15-2-3-17(20)16(7-15)18(22)21-11-19-8-12-4-13(9-19)6-14(5-12)10-19/h2-3,7,12-14H,4-6,8-11H2,1H3,(H,21,22). The van der Waals surface area contributed by atoms with Gasteiger partial charge in [-0.3, -0.25) is 4.79 Å². The van der Waals surface area contributed by atoms with Crippen molar-refractivity contribution in [2.45, 2.75) is 38.5 Å². The second-order valence-corrected chi connectivity index (χ2v) is 8.35. The van der Waals surface area contributed by atoms with Gasteiger partial charge < -0.3 is 10.1 Å². The van der Waals surface area contributed by atoms with Crippen LogP contribution in [-0.2, 0) is 0 Å². The normalized spacial score (nSPS) is 34.4. The zero-order valence-electron chi connectivity index (χ0n) is 13.6. The molecule has 0 aliphatic heterocycles. The number of rotatable bonds is 4. The van der Waals surface area contributed by atoms with E-state index in [9.17, 15) is 4.79 Å². The van der Waals surface area contributed by atoms with Gasteiger partial charge in [-0.05, 0) is 79.9 Å². The summed E-state index contributed by atoms with van der Waals surface area (Å²) in [6.45, 7) is 0.795. The molecule has 0 saturated heterocycles. The molecule has 0 aromatic heterocycles. The van der Waals surface area contributed by atoms with Gasteiger partial charge in [0, 0.05) is 6.54 Å². The maximum Gasteiger partial charge on any atom is 0.252 e. The molecular formula is C19H24ClNO2. The van der Waals surface area contributed by atoms with Crippen molar-refractivity contribution in [2.75, 3.05) is 13.7 Å². The predicted octanol–water partition coefficient (Wildman–Crippen LogP) is 4.29. The van der Waals surface area contributed by atoms with Crippen LogP contribution in [0.4, 0.5) is 0 Å². The molecule has 4 fully saturated rings. The number of carbonyl (C=O) groups is 1. The molecule has 23 heavy (non-hydrogen) atoms. The summed E-state index contributed by atoms with van der Waals surface area (Å²) in [5.74, 6) is 3.29. The highest BCUT2D eigenvalue weighted by atomic mass is 35.5. The average molecular weight is 334 g/mol. The first kappa shape index (κ1) is 15.3. The number of ether oxygens (including phenoxy) is 1. The molecule has 1 aromatic carbocycles. The third-order valence-electron chi connectivity index (χ3n) is 6.21. The summed E-state index contributed by atoms with van der Waals surface area (Å²) in [6.07, 6.45) is 8.17. The third-order valence-corrected chi connectivity index (χ3v) is 6.54. The van der Waals surface area contributed by atoms with E-state index in [1.807, 2.05) is 0 Å². The lowest BCUT2D eigenvalue weighted by molar-refractivity contribution is -0.0503. The lowest BCUT2D eigenvalue weighted by atomic mass is 9.49. The highest BCUT2D eigenvalue weighted by Crippen LogP contribution is 2.59. The van der Waals surface area contributed by atoms with E-state index >= 15 is 0 Å². The third kappa shape index (κ3) is 2.84. The largest absolute Gasteiger partial charge is 0.497 e. The van der Waals surface area contributed by atoms with Gasteiger partial charge in [-0.15, -0.1) is 0 Å². The molecule has 0 radical (unpaired) electrons. The van der Waals surface area contributed by atoms with Crippen LogP contribution in [0.3, 0.4) is 0 Å². The minimum Gasteiger partial charge on any atom is -0.497 e. The molecule has 4 heteroatoms. The number of nitrogens with one attached hydrogen (secondary N) is 1. The SMILES string of the molecule is COc1ccc(Cl)c(C(=O)NCC23CC4CC(CC(C4)C2)C3)c1. The Bertz CT molecular complexity index is 593. The van der Waals surface area contributed by atoms with E-state index in [1.54, 1.807) is 25.3 Å². The molecule has 0 atom stereocenters. The van der Waals surface area contributed by atoms with E-state index < -0.39 is 0 Å². The Morgan fingerprint density at radius 3 is 2.39 bits per heavy atom. The number of hydrogen-bond acceptors (Lipinski definition) is 2. The van der Waals surface area contributed by atoms with E-state index in [0.29, 0.717) is 21.8 Å². The Balaban J connectivity index is 1.46. The summed E-state index contributed by atoms with van der Waals surface area (Å²) in [4.78, 5) is 12.6. The van der Waals surface area contributed by atoms with Gasteiger partial charge in [-0.1, -0.05) is 11.6 Å². The van der Waals surface area contributed by atoms with Crippen molar-refractivity contribution in [3.05, 3.63) is 28.8 Å². The molecule has 1 aromatic rings. The van der Waals surface area contributed by atoms with E-state index in [2.05, 4.69) is 5.32 Å². The quantitative estimate of drug-likeness (QED) is 0.892. The maximum atomic E-state index is 12.6. The van der Waals surface area contributed by atoms with Crippen LogP contribution < -0.4 is 10.1 Å². The van der Waals surface area contributed by atoms with Crippen molar-refractivity contribution in [3.8, 4) is 5.75 Å². The molecule has 4 saturated carbocycles. The van der Waals surface area contributed by atoms with Gasteiger partial charge in [0.05, 0.1) is 17.7 Å². The highest BCUT2D eigenvalue weighted by Gasteiger charge is 2.50. The lowest BCUT2D eigenvalue weighted by Gasteiger charge is -2.56.